The Morgan fingerprint density at radius 1 is 1.20 bits per heavy atom. The molecule has 1 fully saturated rings. The average molecular weight is 576 g/mol. The van der Waals surface area contributed by atoms with Gasteiger partial charge in [-0.3, -0.25) is 9.35 Å². The molecule has 14 heteroatoms. The number of benzene rings is 1. The van der Waals surface area contributed by atoms with E-state index < -0.39 is 39.5 Å². The van der Waals surface area contributed by atoms with Crippen molar-refractivity contribution in [1.29, 1.82) is 0 Å². The SMILES string of the molecule is CCCCc1nc2c(N)nc3ccc(N4CCN(C(=O)[C@H](CS(=O)(=O)O)NC(=O)OC(C)(C)C)CC4)cc3c2[nH]1. The number of anilines is 2. The molecule has 0 radical (unpaired) electrons. The standard InChI is InChI=1S/C26H37N7O6S/c1-5-6-7-20-30-21-17-14-16(8-9-18(17)28-23(27)22(21)31-20)32-10-12-33(13-11-32)24(34)19(15-40(36,37)38)29-25(35)39-26(2,3)4/h8-9,14,19H,5-7,10-13,15H2,1-4H3,(H2,27,28)(H,29,35)(H,30,31)(H,36,37,38)/t19-/m0/s1. The summed E-state index contributed by atoms with van der Waals surface area (Å²) in [6.07, 6.45) is 1.94. The lowest BCUT2D eigenvalue weighted by molar-refractivity contribution is -0.133. The van der Waals surface area contributed by atoms with Gasteiger partial charge in [-0.05, 0) is 45.4 Å². The first kappa shape index (κ1) is 29.3. The molecule has 3 aromatic rings. The first-order valence-electron chi connectivity index (χ1n) is 13.3. The lowest BCUT2D eigenvalue weighted by atomic mass is 10.1. The summed E-state index contributed by atoms with van der Waals surface area (Å²) in [4.78, 5) is 41.6. The molecule has 0 unspecified atom stereocenters. The largest absolute Gasteiger partial charge is 0.444 e. The number of aryl methyl sites for hydroxylation is 1. The number of ether oxygens (including phenoxy) is 1. The van der Waals surface area contributed by atoms with Gasteiger partial charge in [-0.15, -0.1) is 0 Å². The molecule has 218 valence electrons. The van der Waals surface area contributed by atoms with Crippen molar-refractivity contribution in [3.63, 3.8) is 0 Å². The third-order valence-corrected chi connectivity index (χ3v) is 7.33. The summed E-state index contributed by atoms with van der Waals surface area (Å²) in [5, 5.41) is 3.19. The lowest BCUT2D eigenvalue weighted by Gasteiger charge is -2.37. The van der Waals surface area contributed by atoms with Crippen molar-refractivity contribution < 1.29 is 27.3 Å². The minimum absolute atomic E-state index is 0.287. The maximum absolute atomic E-state index is 13.2. The Morgan fingerprint density at radius 2 is 1.90 bits per heavy atom. The summed E-state index contributed by atoms with van der Waals surface area (Å²) in [6, 6.07) is 4.38. The number of hydrogen-bond donors (Lipinski definition) is 4. The van der Waals surface area contributed by atoms with Crippen LogP contribution in [-0.4, -0.2) is 88.4 Å². The van der Waals surface area contributed by atoms with E-state index in [1.807, 2.05) is 18.2 Å². The molecular weight excluding hydrogens is 538 g/mol. The zero-order chi connectivity index (χ0) is 29.2. The fourth-order valence-electron chi connectivity index (χ4n) is 4.71. The predicted octanol–water partition coefficient (Wildman–Crippen LogP) is 2.47. The van der Waals surface area contributed by atoms with Crippen molar-refractivity contribution in [3.05, 3.63) is 24.0 Å². The molecule has 0 spiro atoms. The molecule has 3 heterocycles. The van der Waals surface area contributed by atoms with Crippen LogP contribution in [0.25, 0.3) is 21.9 Å². The van der Waals surface area contributed by atoms with E-state index in [0.29, 0.717) is 24.4 Å². The smallest absolute Gasteiger partial charge is 0.408 e. The maximum Gasteiger partial charge on any atom is 0.408 e. The predicted molar refractivity (Wildman–Crippen MR) is 153 cm³/mol. The number of nitrogen functional groups attached to an aromatic ring is 1. The highest BCUT2D eigenvalue weighted by Gasteiger charge is 2.33. The second-order valence-electron chi connectivity index (χ2n) is 11.0. The molecule has 1 atom stereocenters. The highest BCUT2D eigenvalue weighted by molar-refractivity contribution is 7.85. The third-order valence-electron chi connectivity index (χ3n) is 6.58. The summed E-state index contributed by atoms with van der Waals surface area (Å²) in [7, 11) is -4.55. The summed E-state index contributed by atoms with van der Waals surface area (Å²) < 4.78 is 37.7. The number of nitrogens with two attached hydrogens (primary N) is 1. The molecule has 1 saturated heterocycles. The van der Waals surface area contributed by atoms with E-state index in [0.717, 1.165) is 47.2 Å². The van der Waals surface area contributed by atoms with E-state index in [1.165, 1.54) is 4.90 Å². The van der Waals surface area contributed by atoms with Crippen LogP contribution < -0.4 is 16.0 Å². The number of imidazole rings is 1. The summed E-state index contributed by atoms with van der Waals surface area (Å²) in [5.74, 6) is -0.317. The normalized spacial score (nSPS) is 15.4. The molecule has 2 amide bonds. The Kier molecular flexibility index (Phi) is 8.40. The van der Waals surface area contributed by atoms with E-state index in [1.54, 1.807) is 20.8 Å². The van der Waals surface area contributed by atoms with Crippen LogP contribution in [-0.2, 0) is 26.1 Å². The van der Waals surface area contributed by atoms with Gasteiger partial charge >= 0.3 is 6.09 Å². The number of unbranched alkanes of at least 4 members (excludes halogenated alkanes) is 1. The second kappa shape index (κ2) is 11.5. The summed E-state index contributed by atoms with van der Waals surface area (Å²) >= 11 is 0. The quantitative estimate of drug-likeness (QED) is 0.291. The van der Waals surface area contributed by atoms with Crippen molar-refractivity contribution in [2.45, 2.75) is 58.6 Å². The van der Waals surface area contributed by atoms with Crippen LogP contribution >= 0.6 is 0 Å². The first-order valence-corrected chi connectivity index (χ1v) is 14.9. The molecule has 0 aliphatic carbocycles. The molecule has 4 rings (SSSR count). The van der Waals surface area contributed by atoms with Gasteiger partial charge in [0.1, 0.15) is 28.7 Å². The molecular formula is C26H37N7O6S. The van der Waals surface area contributed by atoms with E-state index in [-0.39, 0.29) is 13.1 Å². The monoisotopic (exact) mass is 575 g/mol. The number of carbonyl (C=O) groups excluding carboxylic acids is 2. The minimum atomic E-state index is -4.55. The minimum Gasteiger partial charge on any atom is -0.444 e. The van der Waals surface area contributed by atoms with Gasteiger partial charge in [0, 0.05) is 43.7 Å². The van der Waals surface area contributed by atoms with Gasteiger partial charge in [0.05, 0.1) is 11.0 Å². The van der Waals surface area contributed by atoms with Crippen molar-refractivity contribution in [2.24, 2.45) is 0 Å². The van der Waals surface area contributed by atoms with Gasteiger partial charge < -0.3 is 30.6 Å². The van der Waals surface area contributed by atoms with Crippen LogP contribution in [0.2, 0.25) is 0 Å². The van der Waals surface area contributed by atoms with Crippen LogP contribution in [0.1, 0.15) is 46.4 Å². The van der Waals surface area contributed by atoms with Crippen molar-refractivity contribution in [1.82, 2.24) is 25.2 Å². The molecule has 1 aliphatic rings. The Hall–Kier alpha value is -3.65. The molecule has 0 saturated carbocycles. The van der Waals surface area contributed by atoms with Crippen LogP contribution in [0, 0.1) is 0 Å². The molecule has 0 bridgehead atoms. The fourth-order valence-corrected chi connectivity index (χ4v) is 5.35. The number of nitrogens with zero attached hydrogens (tertiary/aromatic N) is 4. The topological polar surface area (TPSA) is 184 Å². The number of piperazine rings is 1. The Labute approximate surface area is 233 Å². The van der Waals surface area contributed by atoms with Crippen LogP contribution in [0.15, 0.2) is 18.2 Å². The van der Waals surface area contributed by atoms with Gasteiger partial charge in [-0.1, -0.05) is 13.3 Å². The molecule has 5 N–H and O–H groups in total. The average Bonchev–Trinajstić information content (AvgIpc) is 3.30. The highest BCUT2D eigenvalue weighted by atomic mass is 32.2. The summed E-state index contributed by atoms with van der Waals surface area (Å²) in [5.41, 5.74) is 8.50. The molecule has 2 aromatic heterocycles. The Bertz CT molecular complexity index is 1510. The number of hydrogen-bond acceptors (Lipinski definition) is 9. The van der Waals surface area contributed by atoms with Gasteiger partial charge in [0.2, 0.25) is 5.91 Å². The zero-order valence-corrected chi connectivity index (χ0v) is 24.0. The Balaban J connectivity index is 1.49. The van der Waals surface area contributed by atoms with E-state index >= 15 is 0 Å². The number of H-pyrrole nitrogens is 1. The van der Waals surface area contributed by atoms with Crippen molar-refractivity contribution >= 4 is 55.6 Å². The van der Waals surface area contributed by atoms with Crippen LogP contribution in [0.4, 0.5) is 16.3 Å². The van der Waals surface area contributed by atoms with Gasteiger partial charge in [0.15, 0.2) is 5.82 Å². The molecule has 1 aliphatic heterocycles. The summed E-state index contributed by atoms with van der Waals surface area (Å²) in [6.45, 7) is 8.58. The molecule has 13 nitrogen and oxygen atoms in total. The van der Waals surface area contributed by atoms with Crippen molar-refractivity contribution in [2.75, 3.05) is 42.6 Å². The van der Waals surface area contributed by atoms with Gasteiger partial charge in [0.25, 0.3) is 10.1 Å². The molecule has 1 aromatic carbocycles. The number of rotatable bonds is 8. The first-order chi connectivity index (χ1) is 18.7. The fraction of sp³-hybridized carbons (Fsp3) is 0.538. The number of amides is 2. The van der Waals surface area contributed by atoms with Gasteiger partial charge in [-0.2, -0.15) is 8.42 Å². The number of fused-ring (bicyclic) bond motifs is 3. The number of nitrogens with one attached hydrogen (secondary N) is 2. The Morgan fingerprint density at radius 3 is 2.52 bits per heavy atom. The third kappa shape index (κ3) is 7.10. The lowest BCUT2D eigenvalue weighted by Crippen LogP contribution is -2.57. The van der Waals surface area contributed by atoms with Gasteiger partial charge in [-0.25, -0.2) is 14.8 Å². The second-order valence-corrected chi connectivity index (χ2v) is 12.5. The number of alkyl carbamates (subject to hydrolysis) is 1. The van der Waals surface area contributed by atoms with Crippen LogP contribution in [0.3, 0.4) is 0 Å². The number of carbonyl (C=O) groups is 2. The van der Waals surface area contributed by atoms with Crippen molar-refractivity contribution in [3.8, 4) is 0 Å². The number of aromatic nitrogens is 3. The van der Waals surface area contributed by atoms with E-state index in [9.17, 15) is 22.6 Å². The molecule has 40 heavy (non-hydrogen) atoms. The maximum atomic E-state index is 13.2. The number of aromatic amines is 1. The highest BCUT2D eigenvalue weighted by Crippen LogP contribution is 2.30. The number of pyridine rings is 1. The zero-order valence-electron chi connectivity index (χ0n) is 23.2. The van der Waals surface area contributed by atoms with E-state index in [4.69, 9.17) is 10.5 Å². The van der Waals surface area contributed by atoms with Crippen LogP contribution in [0.5, 0.6) is 0 Å². The van der Waals surface area contributed by atoms with E-state index in [2.05, 4.69) is 32.1 Å².